The summed E-state index contributed by atoms with van der Waals surface area (Å²) >= 11 is 0. The molecule has 5 nitrogen and oxygen atoms in total. The first-order chi connectivity index (χ1) is 14.7. The minimum absolute atomic E-state index is 0.108. The van der Waals surface area contributed by atoms with Gasteiger partial charge in [-0.3, -0.25) is 4.57 Å². The molecule has 0 aliphatic rings. The van der Waals surface area contributed by atoms with Crippen molar-refractivity contribution in [2.45, 2.75) is 0 Å². The van der Waals surface area contributed by atoms with Crippen LogP contribution in [0.1, 0.15) is 10.6 Å². The molecule has 0 saturated carbocycles. The number of carbonyl (C=O) groups is 1. The van der Waals surface area contributed by atoms with Crippen LogP contribution in [0, 0.1) is 0 Å². The second-order valence-corrected chi connectivity index (χ2v) is 7.18. The Kier molecular flexibility index (Phi) is 3.40. The molecule has 0 amide bonds. The summed E-state index contributed by atoms with van der Waals surface area (Å²) in [5.41, 5.74) is 2.50. The Bertz CT molecular complexity index is 1550. The first kappa shape index (κ1) is 16.7. The summed E-state index contributed by atoms with van der Waals surface area (Å²) in [7, 11) is 0. The van der Waals surface area contributed by atoms with Gasteiger partial charge in [0, 0.05) is 16.8 Å². The maximum absolute atomic E-state index is 11.4. The quantitative estimate of drug-likeness (QED) is 0.373. The van der Waals surface area contributed by atoms with Gasteiger partial charge in [0.1, 0.15) is 5.58 Å². The number of aromatic carboxylic acids is 1. The van der Waals surface area contributed by atoms with Crippen molar-refractivity contribution in [2.24, 2.45) is 0 Å². The maximum atomic E-state index is 11.4. The van der Waals surface area contributed by atoms with Crippen LogP contribution in [-0.4, -0.2) is 15.6 Å². The standard InChI is InChI=1S/C25H15NO4/c27-25(28)22-11-12-24(30-22)26-19-10-9-15-5-1-3-7-17(15)18(19)14-20(26)23-13-16-6-2-4-8-21(16)29-23/h1-14H,(H,27,28). The lowest BCUT2D eigenvalue weighted by Crippen LogP contribution is -1.96. The van der Waals surface area contributed by atoms with Crippen molar-refractivity contribution in [3.8, 4) is 17.3 Å². The zero-order valence-electron chi connectivity index (χ0n) is 15.7. The van der Waals surface area contributed by atoms with Gasteiger partial charge in [-0.05, 0) is 41.1 Å². The zero-order chi connectivity index (χ0) is 20.2. The first-order valence-corrected chi connectivity index (χ1v) is 9.55. The molecule has 3 aromatic heterocycles. The number of hydrogen-bond donors (Lipinski definition) is 1. The summed E-state index contributed by atoms with van der Waals surface area (Å²) in [4.78, 5) is 11.4. The normalized spacial score (nSPS) is 11.6. The molecule has 0 saturated heterocycles. The van der Waals surface area contributed by atoms with Gasteiger partial charge in [-0.2, -0.15) is 0 Å². The monoisotopic (exact) mass is 393 g/mol. The third-order valence-corrected chi connectivity index (χ3v) is 5.41. The van der Waals surface area contributed by atoms with Crippen LogP contribution < -0.4 is 0 Å². The van der Waals surface area contributed by atoms with Crippen molar-refractivity contribution in [1.82, 2.24) is 4.57 Å². The molecule has 0 spiro atoms. The lowest BCUT2D eigenvalue weighted by molar-refractivity contribution is 0.0662. The Morgan fingerprint density at radius 2 is 1.57 bits per heavy atom. The number of fused-ring (bicyclic) bond motifs is 4. The topological polar surface area (TPSA) is 68.5 Å². The van der Waals surface area contributed by atoms with Crippen LogP contribution >= 0.6 is 0 Å². The van der Waals surface area contributed by atoms with E-state index in [9.17, 15) is 9.90 Å². The molecule has 144 valence electrons. The van der Waals surface area contributed by atoms with Crippen molar-refractivity contribution >= 4 is 38.6 Å². The molecule has 6 aromatic rings. The van der Waals surface area contributed by atoms with Crippen molar-refractivity contribution < 1.29 is 18.7 Å². The Morgan fingerprint density at radius 3 is 2.37 bits per heavy atom. The highest BCUT2D eigenvalue weighted by molar-refractivity contribution is 6.09. The summed E-state index contributed by atoms with van der Waals surface area (Å²) in [5, 5.41) is 13.6. The number of carboxylic acid groups (broad SMARTS) is 1. The fraction of sp³-hybridized carbons (Fsp3) is 0. The minimum Gasteiger partial charge on any atom is -0.475 e. The lowest BCUT2D eigenvalue weighted by atomic mass is 10.1. The summed E-state index contributed by atoms with van der Waals surface area (Å²) in [6.07, 6.45) is 0. The smallest absolute Gasteiger partial charge is 0.371 e. The second-order valence-electron chi connectivity index (χ2n) is 7.18. The molecule has 6 rings (SSSR count). The van der Waals surface area contributed by atoms with Crippen LogP contribution in [0.4, 0.5) is 0 Å². The van der Waals surface area contributed by atoms with Gasteiger partial charge >= 0.3 is 5.97 Å². The summed E-state index contributed by atoms with van der Waals surface area (Å²) < 4.78 is 13.7. The summed E-state index contributed by atoms with van der Waals surface area (Å²) in [5.74, 6) is -0.102. The first-order valence-electron chi connectivity index (χ1n) is 9.55. The van der Waals surface area contributed by atoms with Crippen molar-refractivity contribution in [1.29, 1.82) is 0 Å². The average molecular weight is 393 g/mol. The van der Waals surface area contributed by atoms with Crippen LogP contribution in [0.5, 0.6) is 0 Å². The van der Waals surface area contributed by atoms with Gasteiger partial charge in [-0.25, -0.2) is 4.79 Å². The van der Waals surface area contributed by atoms with Crippen molar-refractivity contribution in [3.63, 3.8) is 0 Å². The lowest BCUT2D eigenvalue weighted by Gasteiger charge is -2.06. The van der Waals surface area contributed by atoms with Crippen LogP contribution in [0.25, 0.3) is 50.0 Å². The van der Waals surface area contributed by atoms with E-state index < -0.39 is 5.97 Å². The number of benzene rings is 3. The molecular weight excluding hydrogens is 378 g/mol. The fourth-order valence-corrected chi connectivity index (χ4v) is 4.05. The Morgan fingerprint density at radius 1 is 0.767 bits per heavy atom. The molecule has 0 fully saturated rings. The molecule has 3 aromatic carbocycles. The van der Waals surface area contributed by atoms with Gasteiger partial charge in [0.2, 0.25) is 11.6 Å². The van der Waals surface area contributed by atoms with Gasteiger partial charge in [-0.15, -0.1) is 0 Å². The van der Waals surface area contributed by atoms with Crippen LogP contribution in [0.15, 0.2) is 93.8 Å². The molecule has 3 heterocycles. The van der Waals surface area contributed by atoms with Gasteiger partial charge < -0.3 is 13.9 Å². The third kappa shape index (κ3) is 2.39. The van der Waals surface area contributed by atoms with E-state index in [4.69, 9.17) is 8.83 Å². The Hall–Kier alpha value is -4.25. The second kappa shape index (κ2) is 6.12. The summed E-state index contributed by atoms with van der Waals surface area (Å²) in [6.45, 7) is 0. The molecule has 0 bridgehead atoms. The van der Waals surface area contributed by atoms with Crippen LogP contribution in [0.2, 0.25) is 0 Å². The van der Waals surface area contributed by atoms with Gasteiger partial charge in [0.05, 0.1) is 11.2 Å². The van der Waals surface area contributed by atoms with E-state index in [2.05, 4.69) is 24.3 Å². The fourth-order valence-electron chi connectivity index (χ4n) is 4.05. The molecule has 5 heteroatoms. The van der Waals surface area contributed by atoms with E-state index in [1.165, 1.54) is 6.07 Å². The molecule has 30 heavy (non-hydrogen) atoms. The highest BCUT2D eigenvalue weighted by Crippen LogP contribution is 2.37. The Balaban J connectivity index is 1.71. The van der Waals surface area contributed by atoms with E-state index in [1.54, 1.807) is 6.07 Å². The Labute approximate surface area is 170 Å². The predicted molar refractivity (Wildman–Crippen MR) is 115 cm³/mol. The molecule has 1 N–H and O–H groups in total. The number of carboxylic acids is 1. The predicted octanol–water partition coefficient (Wildman–Crippen LogP) is 6.49. The van der Waals surface area contributed by atoms with Crippen molar-refractivity contribution in [3.05, 3.63) is 90.7 Å². The molecule has 0 aliphatic carbocycles. The summed E-state index contributed by atoms with van der Waals surface area (Å²) in [6, 6.07) is 27.3. The van der Waals surface area contributed by atoms with Crippen LogP contribution in [0.3, 0.4) is 0 Å². The molecular formula is C25H15NO4. The van der Waals surface area contributed by atoms with Gasteiger partial charge in [-0.1, -0.05) is 48.5 Å². The number of furan rings is 2. The van der Waals surface area contributed by atoms with E-state index in [0.29, 0.717) is 11.6 Å². The SMILES string of the molecule is O=C(O)c1ccc(-n2c(-c3cc4ccccc4o3)cc3c4ccccc4ccc32)o1. The molecule has 0 unspecified atom stereocenters. The average Bonchev–Trinajstić information content (AvgIpc) is 3.48. The number of nitrogens with zero attached hydrogens (tertiary/aromatic N) is 1. The zero-order valence-corrected chi connectivity index (χ0v) is 15.7. The largest absolute Gasteiger partial charge is 0.475 e. The third-order valence-electron chi connectivity index (χ3n) is 5.41. The highest BCUT2D eigenvalue weighted by Gasteiger charge is 2.20. The highest BCUT2D eigenvalue weighted by atomic mass is 16.4. The van der Waals surface area contributed by atoms with E-state index in [1.807, 2.05) is 53.1 Å². The van der Waals surface area contributed by atoms with Gasteiger partial charge in [0.25, 0.3) is 0 Å². The number of aromatic nitrogens is 1. The molecule has 0 aliphatic heterocycles. The number of rotatable bonds is 3. The maximum Gasteiger partial charge on any atom is 0.371 e. The van der Waals surface area contributed by atoms with Crippen molar-refractivity contribution in [2.75, 3.05) is 0 Å². The van der Waals surface area contributed by atoms with E-state index >= 15 is 0 Å². The van der Waals surface area contributed by atoms with Crippen LogP contribution in [-0.2, 0) is 0 Å². The van der Waals surface area contributed by atoms with E-state index in [-0.39, 0.29) is 5.76 Å². The number of hydrogen-bond acceptors (Lipinski definition) is 3. The molecule has 0 atom stereocenters. The van der Waals surface area contributed by atoms with Gasteiger partial charge in [0.15, 0.2) is 5.76 Å². The number of para-hydroxylation sites is 1. The minimum atomic E-state index is -1.10. The van der Waals surface area contributed by atoms with E-state index in [0.717, 1.165) is 38.3 Å². The molecule has 0 radical (unpaired) electrons.